The first-order valence-electron chi connectivity index (χ1n) is 10.7. The van der Waals surface area contributed by atoms with Crippen molar-refractivity contribution in [2.24, 2.45) is 4.40 Å². The Labute approximate surface area is 188 Å². The fourth-order valence-electron chi connectivity index (χ4n) is 4.06. The number of hydrogen-bond donors (Lipinski definition) is 5. The van der Waals surface area contributed by atoms with E-state index in [4.69, 9.17) is 0 Å². The Bertz CT molecular complexity index is 1230. The lowest BCUT2D eigenvalue weighted by Crippen LogP contribution is -2.40. The second-order valence-electron chi connectivity index (χ2n) is 7.86. The van der Waals surface area contributed by atoms with Crippen LogP contribution in [0, 0.1) is 0 Å². The van der Waals surface area contributed by atoms with Crippen molar-refractivity contribution in [3.63, 3.8) is 0 Å². The summed E-state index contributed by atoms with van der Waals surface area (Å²) < 4.78 is 26.7. The summed E-state index contributed by atoms with van der Waals surface area (Å²) >= 11 is 0. The van der Waals surface area contributed by atoms with E-state index >= 15 is 0 Å². The lowest BCUT2D eigenvalue weighted by atomic mass is 10.1. The summed E-state index contributed by atoms with van der Waals surface area (Å²) in [5, 5.41) is 14.5. The number of aromatic nitrogens is 1. The van der Waals surface area contributed by atoms with Crippen molar-refractivity contribution in [2.75, 3.05) is 10.7 Å². The van der Waals surface area contributed by atoms with E-state index in [1.54, 1.807) is 48.5 Å². The smallest absolute Gasteiger partial charge is 0.284 e. The maximum absolute atomic E-state index is 13.6. The number of rotatable bonds is 7. The quantitative estimate of drug-likeness (QED) is 0.337. The van der Waals surface area contributed by atoms with Crippen molar-refractivity contribution >= 4 is 33.2 Å². The highest BCUT2D eigenvalue weighted by atomic mass is 32.3. The predicted octanol–water partition coefficient (Wildman–Crippen LogP) is 5.12. The molecule has 0 spiro atoms. The minimum Gasteiger partial charge on any atom is -0.506 e. The van der Waals surface area contributed by atoms with E-state index in [1.165, 1.54) is 4.68 Å². The molecule has 0 fully saturated rings. The largest absolute Gasteiger partial charge is 0.506 e. The van der Waals surface area contributed by atoms with Gasteiger partial charge in [-0.05, 0) is 37.1 Å². The van der Waals surface area contributed by atoms with Crippen LogP contribution >= 0.6 is 10.8 Å². The molecule has 0 aliphatic carbocycles. The van der Waals surface area contributed by atoms with E-state index in [0.717, 1.165) is 25.7 Å². The second-order valence-corrected chi connectivity index (χ2v) is 9.52. The van der Waals surface area contributed by atoms with Crippen LogP contribution in [0.25, 0.3) is 10.9 Å². The molecule has 0 saturated carbocycles. The monoisotopic (exact) mass is 456 g/mol. The van der Waals surface area contributed by atoms with Gasteiger partial charge in [-0.25, -0.2) is 4.68 Å². The van der Waals surface area contributed by atoms with Gasteiger partial charge >= 0.3 is 0 Å². The molecule has 0 atom stereocenters. The highest BCUT2D eigenvalue weighted by Gasteiger charge is 2.30. The summed E-state index contributed by atoms with van der Waals surface area (Å²) in [5.41, 5.74) is 3.67. The zero-order valence-electron chi connectivity index (χ0n) is 18.1. The normalized spacial score (nSPS) is 15.7. The number of aromatic hydroxyl groups is 1. The Kier molecular flexibility index (Phi) is 6.14. The van der Waals surface area contributed by atoms with E-state index in [0.29, 0.717) is 16.6 Å². The first kappa shape index (κ1) is 22.2. The van der Waals surface area contributed by atoms with Gasteiger partial charge in [-0.3, -0.25) is 13.9 Å². The Balaban J connectivity index is 1.92. The van der Waals surface area contributed by atoms with Gasteiger partial charge in [-0.2, -0.15) is 0 Å². The number of anilines is 1. The Hall–Kier alpha value is -3.01. The molecule has 170 valence electrons. The molecule has 1 aliphatic rings. The van der Waals surface area contributed by atoms with Gasteiger partial charge in [-0.15, -0.1) is 4.40 Å². The van der Waals surface area contributed by atoms with Gasteiger partial charge in [0.1, 0.15) is 16.2 Å². The summed E-state index contributed by atoms with van der Waals surface area (Å²) in [6.45, 7) is 4.19. The van der Waals surface area contributed by atoms with Crippen molar-refractivity contribution in [1.82, 2.24) is 4.68 Å². The average Bonchev–Trinajstić information content (AvgIpc) is 2.76. The van der Waals surface area contributed by atoms with Crippen LogP contribution < -0.4 is 16.3 Å². The Morgan fingerprint density at radius 1 is 1.06 bits per heavy atom. The second kappa shape index (κ2) is 8.85. The number of nitrogens with zero attached hydrogens (tertiary/aromatic N) is 2. The third-order valence-corrected chi connectivity index (χ3v) is 6.91. The van der Waals surface area contributed by atoms with Crippen LogP contribution in [0.15, 0.2) is 62.6 Å². The molecule has 5 N–H and O–H groups in total. The lowest BCUT2D eigenvalue weighted by Gasteiger charge is -2.34. The van der Waals surface area contributed by atoms with E-state index in [-0.39, 0.29) is 28.1 Å². The van der Waals surface area contributed by atoms with Gasteiger partial charge in [0.15, 0.2) is 5.84 Å². The molecule has 9 heteroatoms. The van der Waals surface area contributed by atoms with Crippen LogP contribution in [0.2, 0.25) is 0 Å². The molecule has 0 amide bonds. The molecule has 2 heterocycles. The van der Waals surface area contributed by atoms with Crippen LogP contribution in [0.5, 0.6) is 5.75 Å². The van der Waals surface area contributed by atoms with E-state index in [1.807, 2.05) is 0 Å². The zero-order valence-corrected chi connectivity index (χ0v) is 18.9. The summed E-state index contributed by atoms with van der Waals surface area (Å²) in [6.07, 6.45) is 3.69. The number of para-hydroxylation sites is 2. The SMILES string of the molecule is CCCC(CCC)Nn1c(=O)c(C2=NS(O)(O)c3ccccc3N2)c(O)c2ccccc21. The van der Waals surface area contributed by atoms with Crippen LogP contribution in [0.4, 0.5) is 5.69 Å². The average molecular weight is 457 g/mol. The molecule has 0 saturated heterocycles. The molecule has 8 nitrogen and oxygen atoms in total. The molecule has 0 radical (unpaired) electrons. The molecule has 0 bridgehead atoms. The molecule has 1 aliphatic heterocycles. The minimum atomic E-state index is -3.53. The fraction of sp³-hybridized carbons (Fsp3) is 0.304. The predicted molar refractivity (Wildman–Crippen MR) is 131 cm³/mol. The molecule has 32 heavy (non-hydrogen) atoms. The van der Waals surface area contributed by atoms with Crippen molar-refractivity contribution in [2.45, 2.75) is 50.5 Å². The van der Waals surface area contributed by atoms with Gasteiger partial charge in [0.2, 0.25) is 0 Å². The third kappa shape index (κ3) is 3.94. The summed E-state index contributed by atoms with van der Waals surface area (Å²) in [4.78, 5) is 13.9. The van der Waals surface area contributed by atoms with Gasteiger partial charge < -0.3 is 15.8 Å². The number of hydrogen-bond acceptors (Lipinski definition) is 7. The van der Waals surface area contributed by atoms with Gasteiger partial charge in [-0.1, -0.05) is 61.7 Å². The standard InChI is InChI=1S/C23H28N4O4S/c1-3-9-15(10-4-2)25-27-18-13-7-5-11-16(18)21(28)20(23(27)29)22-24-17-12-6-8-14-19(17)32(30,31)26-22/h5-8,11-15,25,28,30-31H,3-4,9-10H2,1-2H3,(H,24,26). The zero-order chi connectivity index (χ0) is 22.9. The highest BCUT2D eigenvalue weighted by molar-refractivity contribution is 8.23. The third-order valence-electron chi connectivity index (χ3n) is 5.53. The fourth-order valence-corrected chi connectivity index (χ4v) is 5.23. The minimum absolute atomic E-state index is 0.0740. The number of pyridine rings is 1. The topological polar surface area (TPSA) is 119 Å². The molecular formula is C23H28N4O4S. The molecule has 0 unspecified atom stereocenters. The molecule has 3 aromatic rings. The number of fused-ring (bicyclic) bond motifs is 2. The Morgan fingerprint density at radius 2 is 1.72 bits per heavy atom. The van der Waals surface area contributed by atoms with Gasteiger partial charge in [0.05, 0.1) is 11.2 Å². The van der Waals surface area contributed by atoms with Crippen LogP contribution in [0.3, 0.4) is 0 Å². The van der Waals surface area contributed by atoms with Gasteiger partial charge in [0, 0.05) is 11.4 Å². The number of amidine groups is 1. The molecular weight excluding hydrogens is 428 g/mol. The van der Waals surface area contributed by atoms with Crippen molar-refractivity contribution < 1.29 is 14.2 Å². The first-order valence-corrected chi connectivity index (χ1v) is 12.3. The maximum atomic E-state index is 13.6. The van der Waals surface area contributed by atoms with Crippen LogP contribution in [0.1, 0.15) is 45.1 Å². The summed E-state index contributed by atoms with van der Waals surface area (Å²) in [5.74, 6) is -0.331. The van der Waals surface area contributed by atoms with Crippen molar-refractivity contribution in [3.8, 4) is 5.75 Å². The number of benzene rings is 2. The van der Waals surface area contributed by atoms with Crippen LogP contribution in [-0.2, 0) is 0 Å². The van der Waals surface area contributed by atoms with Crippen LogP contribution in [-0.4, -0.2) is 30.8 Å². The van der Waals surface area contributed by atoms with E-state index in [9.17, 15) is 19.0 Å². The summed E-state index contributed by atoms with van der Waals surface area (Å²) in [6, 6.07) is 13.8. The molecule has 1 aromatic heterocycles. The van der Waals surface area contributed by atoms with Crippen molar-refractivity contribution in [1.29, 1.82) is 0 Å². The lowest BCUT2D eigenvalue weighted by molar-refractivity contribution is 0.476. The van der Waals surface area contributed by atoms with E-state index < -0.39 is 16.3 Å². The van der Waals surface area contributed by atoms with Gasteiger partial charge in [0.25, 0.3) is 5.56 Å². The molecule has 2 aromatic carbocycles. The Morgan fingerprint density at radius 3 is 2.44 bits per heavy atom. The maximum Gasteiger partial charge on any atom is 0.284 e. The van der Waals surface area contributed by atoms with Crippen molar-refractivity contribution in [3.05, 3.63) is 64.4 Å². The summed E-state index contributed by atoms with van der Waals surface area (Å²) in [7, 11) is -3.53. The molecule has 4 rings (SSSR count). The number of nitrogens with one attached hydrogen (secondary N) is 2. The highest BCUT2D eigenvalue weighted by Crippen LogP contribution is 2.55. The van der Waals surface area contributed by atoms with E-state index in [2.05, 4.69) is 29.0 Å². The first-order chi connectivity index (χ1) is 15.4.